The second-order valence-electron chi connectivity index (χ2n) is 3.99. The summed E-state index contributed by atoms with van der Waals surface area (Å²) in [5.41, 5.74) is 1.02. The van der Waals surface area contributed by atoms with Crippen LogP contribution >= 0.6 is 0 Å². The lowest BCUT2D eigenvalue weighted by Crippen LogP contribution is -2.37. The first-order valence-corrected chi connectivity index (χ1v) is 6.21. The van der Waals surface area contributed by atoms with Gasteiger partial charge in [-0.05, 0) is 18.5 Å². The van der Waals surface area contributed by atoms with Crippen LogP contribution in [0.25, 0.3) is 0 Å². The Bertz CT molecular complexity index is 318. The van der Waals surface area contributed by atoms with Crippen LogP contribution in [0.15, 0.2) is 30.3 Å². The lowest BCUT2D eigenvalue weighted by atomic mass is 10.1. The first kappa shape index (κ1) is 13.7. The van der Waals surface area contributed by atoms with Gasteiger partial charge >= 0.3 is 5.97 Å². The summed E-state index contributed by atoms with van der Waals surface area (Å²) in [6, 6.07) is 9.57. The van der Waals surface area contributed by atoms with Crippen LogP contribution in [-0.4, -0.2) is 18.6 Å². The van der Waals surface area contributed by atoms with Gasteiger partial charge in [-0.3, -0.25) is 4.79 Å². The molecule has 0 spiro atoms. The molecule has 0 fully saturated rings. The summed E-state index contributed by atoms with van der Waals surface area (Å²) >= 11 is 0. The standard InChI is InChI=1S/C14H21NO2/c1-3-8-13(15-4-2)14(16)17-11-12-9-6-5-7-10-12/h5-7,9-10,13,15H,3-4,8,11H2,1-2H3. The molecule has 0 aliphatic carbocycles. The van der Waals surface area contributed by atoms with E-state index in [1.54, 1.807) is 0 Å². The van der Waals surface area contributed by atoms with E-state index in [1.165, 1.54) is 0 Å². The van der Waals surface area contributed by atoms with Gasteiger partial charge in [0.05, 0.1) is 0 Å². The molecule has 0 radical (unpaired) electrons. The van der Waals surface area contributed by atoms with Gasteiger partial charge in [0.25, 0.3) is 0 Å². The highest BCUT2D eigenvalue weighted by atomic mass is 16.5. The van der Waals surface area contributed by atoms with Crippen molar-refractivity contribution in [3.63, 3.8) is 0 Å². The normalized spacial score (nSPS) is 12.1. The van der Waals surface area contributed by atoms with Gasteiger partial charge in [0.1, 0.15) is 12.6 Å². The van der Waals surface area contributed by atoms with Crippen molar-refractivity contribution in [2.24, 2.45) is 0 Å². The van der Waals surface area contributed by atoms with Gasteiger partial charge < -0.3 is 10.1 Å². The molecule has 0 bridgehead atoms. The zero-order chi connectivity index (χ0) is 12.5. The summed E-state index contributed by atoms with van der Waals surface area (Å²) in [4.78, 5) is 11.8. The molecule has 3 nitrogen and oxygen atoms in total. The van der Waals surface area contributed by atoms with Crippen molar-refractivity contribution in [2.45, 2.75) is 39.3 Å². The van der Waals surface area contributed by atoms with Crippen molar-refractivity contribution >= 4 is 5.97 Å². The number of nitrogens with one attached hydrogen (secondary N) is 1. The predicted molar refractivity (Wildman–Crippen MR) is 68.6 cm³/mol. The summed E-state index contributed by atoms with van der Waals surface area (Å²) in [5.74, 6) is -0.155. The molecule has 0 aromatic heterocycles. The minimum absolute atomic E-state index is 0.155. The first-order chi connectivity index (χ1) is 8.27. The number of hydrogen-bond donors (Lipinski definition) is 1. The Labute approximate surface area is 103 Å². The Kier molecular flexibility index (Phi) is 6.33. The number of rotatable bonds is 7. The lowest BCUT2D eigenvalue weighted by Gasteiger charge is -2.15. The Morgan fingerprint density at radius 1 is 1.29 bits per heavy atom. The lowest BCUT2D eigenvalue weighted by molar-refractivity contribution is -0.147. The van der Waals surface area contributed by atoms with Crippen LogP contribution < -0.4 is 5.32 Å². The zero-order valence-electron chi connectivity index (χ0n) is 10.6. The fourth-order valence-electron chi connectivity index (χ4n) is 1.67. The number of esters is 1. The highest BCUT2D eigenvalue weighted by Gasteiger charge is 2.17. The molecule has 1 unspecified atom stereocenters. The monoisotopic (exact) mass is 235 g/mol. The van der Waals surface area contributed by atoms with E-state index in [4.69, 9.17) is 4.74 Å². The Balaban J connectivity index is 2.41. The smallest absolute Gasteiger partial charge is 0.323 e. The minimum Gasteiger partial charge on any atom is -0.460 e. The van der Waals surface area contributed by atoms with Gasteiger partial charge in [0.15, 0.2) is 0 Å². The maximum Gasteiger partial charge on any atom is 0.323 e. The van der Waals surface area contributed by atoms with Gasteiger partial charge in [0, 0.05) is 0 Å². The average molecular weight is 235 g/mol. The third-order valence-electron chi connectivity index (χ3n) is 2.54. The molecule has 0 aliphatic heterocycles. The SMILES string of the molecule is CCCC(NCC)C(=O)OCc1ccccc1. The predicted octanol–water partition coefficient (Wildman–Crippen LogP) is 2.51. The third-order valence-corrected chi connectivity index (χ3v) is 2.54. The van der Waals surface area contributed by atoms with Gasteiger partial charge in [-0.25, -0.2) is 0 Å². The highest BCUT2D eigenvalue weighted by molar-refractivity contribution is 5.75. The molecule has 94 valence electrons. The molecule has 0 heterocycles. The zero-order valence-corrected chi connectivity index (χ0v) is 10.6. The number of carbonyl (C=O) groups excluding carboxylic acids is 1. The van der Waals surface area contributed by atoms with E-state index >= 15 is 0 Å². The number of benzene rings is 1. The Hall–Kier alpha value is -1.35. The van der Waals surface area contributed by atoms with Crippen molar-refractivity contribution in [1.82, 2.24) is 5.32 Å². The molecule has 0 amide bonds. The van der Waals surface area contributed by atoms with E-state index in [1.807, 2.05) is 37.3 Å². The number of likely N-dealkylation sites (N-methyl/N-ethyl adjacent to an activating group) is 1. The second kappa shape index (κ2) is 7.85. The van der Waals surface area contributed by atoms with Gasteiger partial charge in [0.2, 0.25) is 0 Å². The highest BCUT2D eigenvalue weighted by Crippen LogP contribution is 2.04. The first-order valence-electron chi connectivity index (χ1n) is 6.21. The summed E-state index contributed by atoms with van der Waals surface area (Å²) < 4.78 is 5.29. The maximum absolute atomic E-state index is 11.8. The largest absolute Gasteiger partial charge is 0.460 e. The number of hydrogen-bond acceptors (Lipinski definition) is 3. The van der Waals surface area contributed by atoms with Crippen molar-refractivity contribution < 1.29 is 9.53 Å². The Morgan fingerprint density at radius 3 is 2.59 bits per heavy atom. The average Bonchev–Trinajstić information content (AvgIpc) is 2.37. The molecule has 0 saturated carbocycles. The molecule has 1 rings (SSSR count). The van der Waals surface area contributed by atoms with E-state index in [0.717, 1.165) is 24.9 Å². The fourth-order valence-corrected chi connectivity index (χ4v) is 1.67. The summed E-state index contributed by atoms with van der Waals surface area (Å²) in [5, 5.41) is 3.15. The molecule has 0 saturated heterocycles. The second-order valence-corrected chi connectivity index (χ2v) is 3.99. The molecule has 1 N–H and O–H groups in total. The molecular formula is C14H21NO2. The van der Waals surface area contributed by atoms with Crippen LogP contribution in [0.2, 0.25) is 0 Å². The summed E-state index contributed by atoms with van der Waals surface area (Å²) in [6.45, 7) is 5.19. The quantitative estimate of drug-likeness (QED) is 0.738. The van der Waals surface area contributed by atoms with Crippen LogP contribution in [0.1, 0.15) is 32.3 Å². The van der Waals surface area contributed by atoms with Crippen molar-refractivity contribution in [3.05, 3.63) is 35.9 Å². The van der Waals surface area contributed by atoms with Gasteiger partial charge in [-0.15, -0.1) is 0 Å². The van der Waals surface area contributed by atoms with Crippen molar-refractivity contribution in [1.29, 1.82) is 0 Å². The summed E-state index contributed by atoms with van der Waals surface area (Å²) in [6.07, 6.45) is 1.79. The van der Waals surface area contributed by atoms with Crippen LogP contribution in [0.3, 0.4) is 0 Å². The van der Waals surface area contributed by atoms with E-state index in [2.05, 4.69) is 12.2 Å². The van der Waals surface area contributed by atoms with Crippen LogP contribution in [0.4, 0.5) is 0 Å². The molecule has 1 atom stereocenters. The van der Waals surface area contributed by atoms with Gasteiger partial charge in [-0.2, -0.15) is 0 Å². The van der Waals surface area contributed by atoms with E-state index in [0.29, 0.717) is 6.61 Å². The molecule has 1 aromatic carbocycles. The van der Waals surface area contributed by atoms with E-state index < -0.39 is 0 Å². The summed E-state index contributed by atoms with van der Waals surface area (Å²) in [7, 11) is 0. The molecule has 0 aliphatic rings. The number of carbonyl (C=O) groups is 1. The fraction of sp³-hybridized carbons (Fsp3) is 0.500. The van der Waals surface area contributed by atoms with Crippen LogP contribution in [-0.2, 0) is 16.1 Å². The van der Waals surface area contributed by atoms with Crippen molar-refractivity contribution in [3.8, 4) is 0 Å². The molecule has 17 heavy (non-hydrogen) atoms. The van der Waals surface area contributed by atoms with E-state index in [9.17, 15) is 4.79 Å². The van der Waals surface area contributed by atoms with E-state index in [-0.39, 0.29) is 12.0 Å². The minimum atomic E-state index is -0.172. The molecular weight excluding hydrogens is 214 g/mol. The maximum atomic E-state index is 11.8. The van der Waals surface area contributed by atoms with Crippen LogP contribution in [0.5, 0.6) is 0 Å². The molecule has 1 aromatic rings. The van der Waals surface area contributed by atoms with Crippen molar-refractivity contribution in [2.75, 3.05) is 6.54 Å². The third kappa shape index (κ3) is 5.00. The van der Waals surface area contributed by atoms with Gasteiger partial charge in [-0.1, -0.05) is 50.6 Å². The molecule has 3 heteroatoms. The topological polar surface area (TPSA) is 38.3 Å². The van der Waals surface area contributed by atoms with Crippen LogP contribution in [0, 0.1) is 0 Å². The number of ether oxygens (including phenoxy) is 1. The Morgan fingerprint density at radius 2 is 2.00 bits per heavy atom.